The molecule has 1 aromatic rings. The summed E-state index contributed by atoms with van der Waals surface area (Å²) in [6.45, 7) is 1.46. The topological polar surface area (TPSA) is 95.6 Å². The average molecular weight is 238 g/mol. The van der Waals surface area contributed by atoms with Crippen molar-refractivity contribution in [3.8, 4) is 0 Å². The molecular weight excluding hydrogens is 223 g/mol. The molecule has 0 fully saturated rings. The van der Waals surface area contributed by atoms with Crippen LogP contribution in [0.5, 0.6) is 0 Å². The van der Waals surface area contributed by atoms with Gasteiger partial charge in [0.05, 0.1) is 11.5 Å². The second kappa shape index (κ2) is 6.34. The number of hydrogen-bond donors (Lipinski definition) is 3. The highest BCUT2D eigenvalue weighted by molar-refractivity contribution is 6.45. The molecule has 0 aliphatic heterocycles. The summed E-state index contributed by atoms with van der Waals surface area (Å²) >= 11 is 0. The van der Waals surface area contributed by atoms with Crippen LogP contribution in [0.1, 0.15) is 5.56 Å². The Morgan fingerprint density at radius 1 is 1.47 bits per heavy atom. The molecule has 3 N–H and O–H groups in total. The van der Waals surface area contributed by atoms with E-state index < -0.39 is 12.0 Å². The van der Waals surface area contributed by atoms with E-state index in [1.54, 1.807) is 19.0 Å². The highest BCUT2D eigenvalue weighted by Crippen LogP contribution is 2.13. The number of nitro groups is 1. The van der Waals surface area contributed by atoms with Crippen molar-refractivity contribution in [1.29, 1.82) is 0 Å². The number of nitrogens with one attached hydrogen (secondary N) is 1. The van der Waals surface area contributed by atoms with Crippen LogP contribution >= 0.6 is 0 Å². The molecule has 0 unspecified atom stereocenters. The quantitative estimate of drug-likeness (QED) is 0.373. The molecule has 0 saturated carbocycles. The second-order valence-corrected chi connectivity index (χ2v) is 3.85. The van der Waals surface area contributed by atoms with Crippen LogP contribution in [0.25, 0.3) is 0 Å². The van der Waals surface area contributed by atoms with Gasteiger partial charge in [-0.15, -0.1) is 0 Å². The molecule has 1 rings (SSSR count). The minimum Gasteiger partial charge on any atom is -0.437 e. The molecule has 0 amide bonds. The number of benzene rings is 1. The van der Waals surface area contributed by atoms with E-state index in [4.69, 9.17) is 10.1 Å². The van der Waals surface area contributed by atoms with Crippen molar-refractivity contribution in [1.82, 2.24) is 5.23 Å². The second-order valence-electron chi connectivity index (χ2n) is 3.85. The summed E-state index contributed by atoms with van der Waals surface area (Å²) in [4.78, 5) is 10.00. The summed E-state index contributed by atoms with van der Waals surface area (Å²) in [7, 11) is -0.704. The first-order valence-corrected chi connectivity index (χ1v) is 5.31. The van der Waals surface area contributed by atoms with Crippen LogP contribution in [0, 0.1) is 10.1 Å². The van der Waals surface area contributed by atoms with Gasteiger partial charge in [-0.2, -0.15) is 0 Å². The zero-order chi connectivity index (χ0) is 12.8. The van der Waals surface area contributed by atoms with Crippen LogP contribution in [0.15, 0.2) is 24.3 Å². The highest BCUT2D eigenvalue weighted by Gasteiger charge is 2.13. The van der Waals surface area contributed by atoms with Crippen LogP contribution in [-0.4, -0.2) is 34.8 Å². The number of non-ortho nitro benzene ring substituents is 1. The van der Waals surface area contributed by atoms with E-state index in [-0.39, 0.29) is 18.3 Å². The predicted octanol–water partition coefficient (Wildman–Crippen LogP) is 0.198. The van der Waals surface area contributed by atoms with Crippen molar-refractivity contribution < 1.29 is 15.1 Å². The standard InChI is InChI=1S/C10H15BN2O4/c1-11(15)12-9(7-14)6-8-2-4-10(5-3-8)13(16)17/h2-5,9,12,14-15H,6-7H2,1H3/t9-/m1/s1. The van der Waals surface area contributed by atoms with Crippen molar-refractivity contribution in [3.05, 3.63) is 39.9 Å². The van der Waals surface area contributed by atoms with Crippen molar-refractivity contribution in [2.75, 3.05) is 6.61 Å². The van der Waals surface area contributed by atoms with Gasteiger partial charge in [0.25, 0.3) is 5.69 Å². The normalized spacial score (nSPS) is 12.2. The van der Waals surface area contributed by atoms with Crippen molar-refractivity contribution in [3.63, 3.8) is 0 Å². The van der Waals surface area contributed by atoms with Crippen LogP contribution in [0.4, 0.5) is 5.69 Å². The van der Waals surface area contributed by atoms with Crippen molar-refractivity contribution in [2.45, 2.75) is 19.3 Å². The molecule has 1 atom stereocenters. The molecule has 7 heteroatoms. The maximum Gasteiger partial charge on any atom is 0.373 e. The van der Waals surface area contributed by atoms with Gasteiger partial charge >= 0.3 is 7.05 Å². The lowest BCUT2D eigenvalue weighted by atomic mass is 9.86. The SMILES string of the molecule is CB(O)N[C@@H](CO)Cc1ccc([N+](=O)[O-])cc1. The number of aliphatic hydroxyl groups is 1. The Hall–Kier alpha value is -1.44. The molecule has 0 aliphatic rings. The van der Waals surface area contributed by atoms with Crippen LogP contribution in [-0.2, 0) is 6.42 Å². The van der Waals surface area contributed by atoms with E-state index in [9.17, 15) is 10.1 Å². The summed E-state index contributed by atoms with van der Waals surface area (Å²) in [5.74, 6) is 0. The first-order valence-electron chi connectivity index (χ1n) is 5.31. The summed E-state index contributed by atoms with van der Waals surface area (Å²) < 4.78 is 0. The van der Waals surface area contributed by atoms with Crippen molar-refractivity contribution >= 4 is 12.7 Å². The molecule has 0 aliphatic carbocycles. The Morgan fingerprint density at radius 2 is 2.06 bits per heavy atom. The van der Waals surface area contributed by atoms with Gasteiger partial charge in [-0.25, -0.2) is 0 Å². The zero-order valence-electron chi connectivity index (χ0n) is 9.54. The summed E-state index contributed by atoms with van der Waals surface area (Å²) in [6, 6.07) is 5.87. The van der Waals surface area contributed by atoms with E-state index in [1.165, 1.54) is 12.1 Å². The fraction of sp³-hybridized carbons (Fsp3) is 0.400. The Bertz CT molecular complexity index is 369. The molecular formula is C10H15BN2O4. The largest absolute Gasteiger partial charge is 0.437 e. The monoisotopic (exact) mass is 238 g/mol. The van der Waals surface area contributed by atoms with Gasteiger partial charge in [0.15, 0.2) is 0 Å². The molecule has 0 aromatic heterocycles. The van der Waals surface area contributed by atoms with E-state index in [1.807, 2.05) is 0 Å². The molecule has 92 valence electrons. The van der Waals surface area contributed by atoms with E-state index >= 15 is 0 Å². The molecule has 0 bridgehead atoms. The fourth-order valence-electron chi connectivity index (χ4n) is 1.56. The van der Waals surface area contributed by atoms with Gasteiger partial charge in [0.1, 0.15) is 0 Å². The molecule has 0 spiro atoms. The number of nitrogens with zero attached hydrogens (tertiary/aromatic N) is 1. The molecule has 0 radical (unpaired) electrons. The van der Waals surface area contributed by atoms with Gasteiger partial charge in [-0.05, 0) is 18.8 Å². The molecule has 0 heterocycles. The minimum absolute atomic E-state index is 0.0396. The summed E-state index contributed by atoms with van der Waals surface area (Å²) in [6.07, 6.45) is 0.499. The third-order valence-corrected chi connectivity index (χ3v) is 2.33. The predicted molar refractivity (Wildman–Crippen MR) is 64.6 cm³/mol. The Morgan fingerprint density at radius 3 is 2.47 bits per heavy atom. The lowest BCUT2D eigenvalue weighted by Crippen LogP contribution is -2.43. The lowest BCUT2D eigenvalue weighted by molar-refractivity contribution is -0.384. The Labute approximate surface area is 99.6 Å². The highest BCUT2D eigenvalue weighted by atomic mass is 16.6. The Kier molecular flexibility index (Phi) is 5.08. The zero-order valence-corrected chi connectivity index (χ0v) is 9.54. The molecule has 17 heavy (non-hydrogen) atoms. The number of hydrogen-bond acceptors (Lipinski definition) is 5. The van der Waals surface area contributed by atoms with Crippen LogP contribution in [0.3, 0.4) is 0 Å². The molecule has 1 aromatic carbocycles. The minimum atomic E-state index is -0.704. The van der Waals surface area contributed by atoms with Crippen molar-refractivity contribution in [2.24, 2.45) is 0 Å². The van der Waals surface area contributed by atoms with Gasteiger partial charge < -0.3 is 15.4 Å². The first-order chi connectivity index (χ1) is 8.02. The van der Waals surface area contributed by atoms with E-state index in [2.05, 4.69) is 5.23 Å². The van der Waals surface area contributed by atoms with E-state index in [0.717, 1.165) is 5.56 Å². The summed E-state index contributed by atoms with van der Waals surface area (Å²) in [5.41, 5.74) is 0.903. The smallest absolute Gasteiger partial charge is 0.373 e. The van der Waals surface area contributed by atoms with Gasteiger partial charge in [-0.3, -0.25) is 10.1 Å². The number of aliphatic hydroxyl groups excluding tert-OH is 1. The van der Waals surface area contributed by atoms with Gasteiger partial charge in [0.2, 0.25) is 0 Å². The van der Waals surface area contributed by atoms with Gasteiger partial charge in [0, 0.05) is 18.2 Å². The van der Waals surface area contributed by atoms with Crippen LogP contribution in [0.2, 0.25) is 6.82 Å². The number of rotatable bonds is 6. The maximum atomic E-state index is 10.5. The fourth-order valence-corrected chi connectivity index (χ4v) is 1.56. The summed E-state index contributed by atoms with van der Waals surface area (Å²) in [5, 5.41) is 31.5. The third-order valence-electron chi connectivity index (χ3n) is 2.33. The first kappa shape index (κ1) is 13.6. The number of nitro benzene ring substituents is 1. The van der Waals surface area contributed by atoms with Gasteiger partial charge in [-0.1, -0.05) is 12.1 Å². The maximum absolute atomic E-state index is 10.5. The van der Waals surface area contributed by atoms with Crippen LogP contribution < -0.4 is 5.23 Å². The Balaban J connectivity index is 2.64. The third kappa shape index (κ3) is 4.52. The molecule has 0 saturated heterocycles. The molecule has 6 nitrogen and oxygen atoms in total. The van der Waals surface area contributed by atoms with E-state index in [0.29, 0.717) is 6.42 Å². The average Bonchev–Trinajstić information content (AvgIpc) is 2.28. The lowest BCUT2D eigenvalue weighted by Gasteiger charge is -2.16.